The van der Waals surface area contributed by atoms with Crippen molar-refractivity contribution in [3.8, 4) is 0 Å². The van der Waals surface area contributed by atoms with Gasteiger partial charge in [-0.05, 0) is 27.4 Å². The van der Waals surface area contributed by atoms with Gasteiger partial charge in [-0.25, -0.2) is 0 Å². The van der Waals surface area contributed by atoms with E-state index in [1.807, 2.05) is 14.1 Å². The minimum atomic E-state index is 0.250. The molecule has 13 heavy (non-hydrogen) atoms. The van der Waals surface area contributed by atoms with Crippen LogP contribution in [0.5, 0.6) is 0 Å². The molecule has 1 rings (SSSR count). The van der Waals surface area contributed by atoms with E-state index < -0.39 is 0 Å². The molecule has 1 unspecified atom stereocenters. The summed E-state index contributed by atoms with van der Waals surface area (Å²) >= 11 is 0. The third-order valence-electron chi connectivity index (χ3n) is 2.05. The topological polar surface area (TPSA) is 32.3 Å². The number of hydrogen-bond donors (Lipinski definition) is 1. The number of nitrogens with one attached hydrogen (secondary N) is 1. The van der Waals surface area contributed by atoms with Gasteiger partial charge in [0, 0.05) is 30.8 Å². The lowest BCUT2D eigenvalue weighted by Gasteiger charge is -2.19. The summed E-state index contributed by atoms with van der Waals surface area (Å²) < 4.78 is 0. The van der Waals surface area contributed by atoms with E-state index in [0.29, 0.717) is 12.5 Å². The van der Waals surface area contributed by atoms with Gasteiger partial charge in [-0.2, -0.15) is 0 Å². The number of likely N-dealkylation sites (N-methyl/N-ethyl adjacent to an activating group) is 1. The number of carbonyl (C=O) groups is 1. The Morgan fingerprint density at radius 2 is 2.23 bits per heavy atom. The molecule has 0 radical (unpaired) electrons. The molecular weight excluding hydrogens is 164 g/mol. The highest BCUT2D eigenvalue weighted by Crippen LogP contribution is 2.12. The molecule has 0 amide bonds. The second kappa shape index (κ2) is 4.42. The van der Waals surface area contributed by atoms with Crippen LogP contribution in [-0.4, -0.2) is 37.4 Å². The van der Waals surface area contributed by atoms with Gasteiger partial charge in [0.05, 0.1) is 0 Å². The molecule has 0 aliphatic heterocycles. The highest BCUT2D eigenvalue weighted by atomic mass is 16.1. The number of ketones is 1. The zero-order chi connectivity index (χ0) is 9.84. The van der Waals surface area contributed by atoms with Crippen molar-refractivity contribution in [2.45, 2.75) is 25.8 Å². The third-order valence-corrected chi connectivity index (χ3v) is 2.05. The van der Waals surface area contributed by atoms with Crippen molar-refractivity contribution in [2.75, 3.05) is 20.6 Å². The first kappa shape index (κ1) is 10.3. The van der Waals surface area contributed by atoms with E-state index in [4.69, 9.17) is 0 Å². The number of allylic oxidation sites excluding steroid dienone is 2. The van der Waals surface area contributed by atoms with Crippen molar-refractivity contribution in [3.05, 3.63) is 11.8 Å². The van der Waals surface area contributed by atoms with Crippen LogP contribution in [0.1, 0.15) is 19.8 Å². The molecule has 1 aliphatic carbocycles. The average Bonchev–Trinajstić information content (AvgIpc) is 2.33. The van der Waals surface area contributed by atoms with E-state index in [1.54, 1.807) is 6.08 Å². The number of carbonyl (C=O) groups excluding carboxylic acids is 1. The first-order valence-electron chi connectivity index (χ1n) is 4.72. The minimum Gasteiger partial charge on any atom is -0.384 e. The van der Waals surface area contributed by atoms with Crippen LogP contribution >= 0.6 is 0 Å². The molecule has 0 aromatic carbocycles. The molecule has 1 atom stereocenters. The SMILES string of the molecule is CC(CN(C)C)NC1=CC(=O)CC1. The molecule has 74 valence electrons. The lowest BCUT2D eigenvalue weighted by atomic mass is 10.3. The van der Waals surface area contributed by atoms with Gasteiger partial charge in [0.25, 0.3) is 0 Å². The van der Waals surface area contributed by atoms with Crippen molar-refractivity contribution < 1.29 is 4.79 Å². The first-order chi connectivity index (χ1) is 6.08. The van der Waals surface area contributed by atoms with E-state index in [1.165, 1.54) is 0 Å². The van der Waals surface area contributed by atoms with Crippen LogP contribution in [0, 0.1) is 0 Å². The Bertz CT molecular complexity index is 221. The molecule has 3 heteroatoms. The molecule has 0 bridgehead atoms. The number of hydrogen-bond acceptors (Lipinski definition) is 3. The van der Waals surface area contributed by atoms with Crippen LogP contribution in [0.25, 0.3) is 0 Å². The second-order valence-electron chi connectivity index (χ2n) is 3.94. The fourth-order valence-corrected chi connectivity index (χ4v) is 1.62. The molecule has 0 saturated carbocycles. The van der Waals surface area contributed by atoms with E-state index in [-0.39, 0.29) is 5.78 Å². The van der Waals surface area contributed by atoms with Crippen molar-refractivity contribution in [2.24, 2.45) is 0 Å². The Labute approximate surface area is 79.8 Å². The van der Waals surface area contributed by atoms with Crippen molar-refractivity contribution >= 4 is 5.78 Å². The zero-order valence-corrected chi connectivity index (χ0v) is 8.63. The van der Waals surface area contributed by atoms with Crippen molar-refractivity contribution in [1.29, 1.82) is 0 Å². The Morgan fingerprint density at radius 3 is 2.69 bits per heavy atom. The van der Waals surface area contributed by atoms with Gasteiger partial charge in [0.15, 0.2) is 5.78 Å². The standard InChI is InChI=1S/C10H18N2O/c1-8(7-12(2)3)11-9-4-5-10(13)6-9/h6,8,11H,4-5,7H2,1-3H3. The monoisotopic (exact) mass is 182 g/mol. The third kappa shape index (κ3) is 3.59. The Hall–Kier alpha value is -0.830. The maximum absolute atomic E-state index is 10.9. The van der Waals surface area contributed by atoms with Crippen LogP contribution in [0.4, 0.5) is 0 Å². The summed E-state index contributed by atoms with van der Waals surface area (Å²) in [5.74, 6) is 0.250. The molecule has 0 aromatic heterocycles. The van der Waals surface area contributed by atoms with Crippen molar-refractivity contribution in [3.63, 3.8) is 0 Å². The van der Waals surface area contributed by atoms with Crippen LogP contribution in [0.15, 0.2) is 11.8 Å². The van der Waals surface area contributed by atoms with Crippen LogP contribution in [-0.2, 0) is 4.79 Å². The second-order valence-corrected chi connectivity index (χ2v) is 3.94. The molecule has 1 aliphatic rings. The largest absolute Gasteiger partial charge is 0.384 e. The average molecular weight is 182 g/mol. The maximum Gasteiger partial charge on any atom is 0.157 e. The predicted octanol–water partition coefficient (Wildman–Crippen LogP) is 0.773. The van der Waals surface area contributed by atoms with E-state index in [9.17, 15) is 4.79 Å². The predicted molar refractivity (Wildman–Crippen MR) is 53.5 cm³/mol. The van der Waals surface area contributed by atoms with Gasteiger partial charge in [-0.15, -0.1) is 0 Å². The van der Waals surface area contributed by atoms with Gasteiger partial charge in [0.1, 0.15) is 0 Å². The summed E-state index contributed by atoms with van der Waals surface area (Å²) in [6.07, 6.45) is 3.29. The van der Waals surface area contributed by atoms with Gasteiger partial charge in [-0.1, -0.05) is 0 Å². The lowest BCUT2D eigenvalue weighted by Crippen LogP contribution is -2.34. The minimum absolute atomic E-state index is 0.250. The van der Waals surface area contributed by atoms with Gasteiger partial charge >= 0.3 is 0 Å². The van der Waals surface area contributed by atoms with Crippen LogP contribution < -0.4 is 5.32 Å². The Morgan fingerprint density at radius 1 is 1.54 bits per heavy atom. The smallest absolute Gasteiger partial charge is 0.157 e. The highest BCUT2D eigenvalue weighted by Gasteiger charge is 2.13. The summed E-state index contributed by atoms with van der Waals surface area (Å²) in [5.41, 5.74) is 1.10. The van der Waals surface area contributed by atoms with E-state index in [0.717, 1.165) is 18.7 Å². The quantitative estimate of drug-likeness (QED) is 0.697. The Balaban J connectivity index is 2.32. The van der Waals surface area contributed by atoms with E-state index in [2.05, 4.69) is 17.1 Å². The zero-order valence-electron chi connectivity index (χ0n) is 8.63. The summed E-state index contributed by atoms with van der Waals surface area (Å²) in [4.78, 5) is 13.1. The Kier molecular flexibility index (Phi) is 3.48. The fourth-order valence-electron chi connectivity index (χ4n) is 1.62. The molecule has 0 spiro atoms. The van der Waals surface area contributed by atoms with Crippen molar-refractivity contribution in [1.82, 2.24) is 10.2 Å². The molecule has 0 fully saturated rings. The van der Waals surface area contributed by atoms with E-state index >= 15 is 0 Å². The highest BCUT2D eigenvalue weighted by molar-refractivity contribution is 5.92. The number of rotatable bonds is 4. The van der Waals surface area contributed by atoms with Crippen LogP contribution in [0.2, 0.25) is 0 Å². The number of nitrogens with zero attached hydrogens (tertiary/aromatic N) is 1. The summed E-state index contributed by atoms with van der Waals surface area (Å²) in [6.45, 7) is 3.12. The molecule has 0 saturated heterocycles. The summed E-state index contributed by atoms with van der Waals surface area (Å²) in [6, 6.07) is 0.409. The lowest BCUT2D eigenvalue weighted by molar-refractivity contribution is -0.114. The fraction of sp³-hybridized carbons (Fsp3) is 0.700. The molecule has 0 aromatic rings. The molecule has 0 heterocycles. The van der Waals surface area contributed by atoms with Gasteiger partial charge in [0.2, 0.25) is 0 Å². The maximum atomic E-state index is 10.9. The molecular formula is C10H18N2O. The van der Waals surface area contributed by atoms with Gasteiger partial charge in [-0.3, -0.25) is 4.79 Å². The van der Waals surface area contributed by atoms with Crippen LogP contribution in [0.3, 0.4) is 0 Å². The molecule has 3 nitrogen and oxygen atoms in total. The first-order valence-corrected chi connectivity index (χ1v) is 4.72. The van der Waals surface area contributed by atoms with Gasteiger partial charge < -0.3 is 10.2 Å². The normalized spacial score (nSPS) is 19.1. The molecule has 1 N–H and O–H groups in total. The summed E-state index contributed by atoms with van der Waals surface area (Å²) in [5, 5.41) is 3.34. The summed E-state index contributed by atoms with van der Waals surface area (Å²) in [7, 11) is 4.10.